The first kappa shape index (κ1) is 8.50. The minimum absolute atomic E-state index is 0.174. The van der Waals surface area contributed by atoms with Gasteiger partial charge in [-0.25, -0.2) is 9.36 Å². The van der Waals surface area contributed by atoms with Gasteiger partial charge in [0.1, 0.15) is 0 Å². The van der Waals surface area contributed by atoms with E-state index in [4.69, 9.17) is 5.11 Å². The fraction of sp³-hybridized carbons (Fsp3) is 0. The Labute approximate surface area is 79.4 Å². The highest BCUT2D eigenvalue weighted by Gasteiger charge is 2.11. The van der Waals surface area contributed by atoms with E-state index in [1.165, 1.54) is 6.20 Å². The summed E-state index contributed by atoms with van der Waals surface area (Å²) in [6, 6.07) is 7.05. The van der Waals surface area contributed by atoms with Crippen LogP contribution in [0.4, 0.5) is 4.79 Å². The van der Waals surface area contributed by atoms with Crippen molar-refractivity contribution in [2.45, 2.75) is 0 Å². The molecule has 0 amide bonds. The van der Waals surface area contributed by atoms with Crippen LogP contribution in [-0.2, 0) is 0 Å². The fourth-order valence-electron chi connectivity index (χ4n) is 1.46. The van der Waals surface area contributed by atoms with Crippen LogP contribution in [0.5, 0.6) is 0 Å². The lowest BCUT2D eigenvalue weighted by Crippen LogP contribution is -2.09. The van der Waals surface area contributed by atoms with Gasteiger partial charge in [-0.2, -0.15) is 0 Å². The Morgan fingerprint density at radius 3 is 2.71 bits per heavy atom. The van der Waals surface area contributed by atoms with Crippen molar-refractivity contribution in [2.24, 2.45) is 0 Å². The number of rotatable bonds is 1. The SMILES string of the molecule is O=Cc1c2ccccc2cn1C(=O)O. The minimum atomic E-state index is -1.15. The van der Waals surface area contributed by atoms with E-state index in [0.717, 1.165) is 9.95 Å². The van der Waals surface area contributed by atoms with E-state index in [0.29, 0.717) is 11.7 Å². The highest BCUT2D eigenvalue weighted by atomic mass is 16.4. The van der Waals surface area contributed by atoms with Crippen molar-refractivity contribution in [3.63, 3.8) is 0 Å². The Morgan fingerprint density at radius 2 is 2.07 bits per heavy atom. The number of nitrogens with zero attached hydrogens (tertiary/aromatic N) is 1. The number of hydrogen-bond donors (Lipinski definition) is 1. The standard InChI is InChI=1S/C10H7NO3/c12-6-9-8-4-2-1-3-7(8)5-11(9)10(13)14/h1-6H,(H,13,14). The quantitative estimate of drug-likeness (QED) is 0.698. The largest absolute Gasteiger partial charge is 0.464 e. The highest BCUT2D eigenvalue weighted by Crippen LogP contribution is 2.19. The van der Waals surface area contributed by atoms with E-state index >= 15 is 0 Å². The maximum Gasteiger partial charge on any atom is 0.416 e. The van der Waals surface area contributed by atoms with Crippen LogP contribution >= 0.6 is 0 Å². The fourth-order valence-corrected chi connectivity index (χ4v) is 1.46. The third-order valence-corrected chi connectivity index (χ3v) is 2.08. The number of hydrogen-bond acceptors (Lipinski definition) is 2. The Bertz CT molecular complexity index is 513. The molecule has 2 rings (SSSR count). The van der Waals surface area contributed by atoms with Crippen molar-refractivity contribution in [1.29, 1.82) is 0 Å². The molecule has 4 heteroatoms. The summed E-state index contributed by atoms with van der Waals surface area (Å²) >= 11 is 0. The predicted molar refractivity (Wildman–Crippen MR) is 50.7 cm³/mol. The molecular formula is C10H7NO3. The van der Waals surface area contributed by atoms with Crippen LogP contribution in [0.25, 0.3) is 10.8 Å². The second kappa shape index (κ2) is 2.99. The highest BCUT2D eigenvalue weighted by molar-refractivity contribution is 6.00. The first-order valence-corrected chi connectivity index (χ1v) is 4.02. The Kier molecular flexibility index (Phi) is 1.81. The van der Waals surface area contributed by atoms with Crippen molar-refractivity contribution >= 4 is 23.2 Å². The molecule has 0 fully saturated rings. The molecule has 70 valence electrons. The van der Waals surface area contributed by atoms with Crippen LogP contribution in [-0.4, -0.2) is 22.1 Å². The predicted octanol–water partition coefficient (Wildman–Crippen LogP) is 1.98. The molecule has 0 bridgehead atoms. The van der Waals surface area contributed by atoms with E-state index in [1.807, 2.05) is 0 Å². The van der Waals surface area contributed by atoms with Crippen LogP contribution in [0.1, 0.15) is 10.5 Å². The molecule has 0 aliphatic heterocycles. The lowest BCUT2D eigenvalue weighted by atomic mass is 10.2. The number of carbonyl (C=O) groups is 2. The first-order chi connectivity index (χ1) is 6.74. The summed E-state index contributed by atoms with van der Waals surface area (Å²) in [6.07, 6.45) is 0.834. The number of benzene rings is 1. The van der Waals surface area contributed by atoms with Crippen molar-refractivity contribution in [2.75, 3.05) is 0 Å². The van der Waals surface area contributed by atoms with Gasteiger partial charge in [-0.3, -0.25) is 4.79 Å². The summed E-state index contributed by atoms with van der Waals surface area (Å²) in [7, 11) is 0. The third kappa shape index (κ3) is 1.08. The minimum Gasteiger partial charge on any atom is -0.464 e. The van der Waals surface area contributed by atoms with Gasteiger partial charge < -0.3 is 5.11 Å². The number of carbonyl (C=O) groups excluding carboxylic acids is 1. The maximum absolute atomic E-state index is 10.8. The smallest absolute Gasteiger partial charge is 0.416 e. The van der Waals surface area contributed by atoms with Gasteiger partial charge in [0.25, 0.3) is 0 Å². The van der Waals surface area contributed by atoms with E-state index in [2.05, 4.69) is 0 Å². The average Bonchev–Trinajstić information content (AvgIpc) is 2.56. The van der Waals surface area contributed by atoms with Crippen molar-refractivity contribution < 1.29 is 14.7 Å². The zero-order valence-corrected chi connectivity index (χ0v) is 7.18. The summed E-state index contributed by atoms with van der Waals surface area (Å²) in [5.74, 6) is 0. The molecule has 0 saturated carbocycles. The Morgan fingerprint density at radius 1 is 1.36 bits per heavy atom. The number of fused-ring (bicyclic) bond motifs is 1. The van der Waals surface area contributed by atoms with Gasteiger partial charge >= 0.3 is 6.09 Å². The molecular weight excluding hydrogens is 182 g/mol. The van der Waals surface area contributed by atoms with Crippen LogP contribution in [0, 0.1) is 0 Å². The molecule has 14 heavy (non-hydrogen) atoms. The summed E-state index contributed by atoms with van der Waals surface area (Å²) < 4.78 is 0.928. The zero-order valence-electron chi connectivity index (χ0n) is 7.18. The summed E-state index contributed by atoms with van der Waals surface area (Å²) in [6.45, 7) is 0. The summed E-state index contributed by atoms with van der Waals surface area (Å²) in [5.41, 5.74) is 0.174. The van der Waals surface area contributed by atoms with Gasteiger partial charge in [-0.05, 0) is 0 Å². The molecule has 4 nitrogen and oxygen atoms in total. The molecule has 0 unspecified atom stereocenters. The monoisotopic (exact) mass is 189 g/mol. The zero-order chi connectivity index (χ0) is 10.1. The van der Waals surface area contributed by atoms with Crippen molar-refractivity contribution in [3.8, 4) is 0 Å². The molecule has 0 radical (unpaired) electrons. The molecule has 0 aliphatic carbocycles. The summed E-state index contributed by atoms with van der Waals surface area (Å²) in [4.78, 5) is 21.5. The van der Waals surface area contributed by atoms with Gasteiger partial charge in [-0.1, -0.05) is 24.3 Å². The number of aldehydes is 1. The van der Waals surface area contributed by atoms with Crippen LogP contribution < -0.4 is 0 Å². The first-order valence-electron chi connectivity index (χ1n) is 4.02. The number of aromatic nitrogens is 1. The van der Waals surface area contributed by atoms with E-state index in [9.17, 15) is 9.59 Å². The van der Waals surface area contributed by atoms with E-state index in [-0.39, 0.29) is 5.69 Å². The van der Waals surface area contributed by atoms with Crippen LogP contribution in [0.2, 0.25) is 0 Å². The van der Waals surface area contributed by atoms with Gasteiger partial charge in [-0.15, -0.1) is 0 Å². The maximum atomic E-state index is 10.8. The van der Waals surface area contributed by atoms with Gasteiger partial charge in [0.05, 0.1) is 5.69 Å². The molecule has 0 atom stereocenters. The second-order valence-electron chi connectivity index (χ2n) is 2.87. The number of carboxylic acid groups (broad SMARTS) is 1. The topological polar surface area (TPSA) is 59.3 Å². The van der Waals surface area contributed by atoms with Crippen molar-refractivity contribution in [1.82, 2.24) is 4.57 Å². The van der Waals surface area contributed by atoms with Crippen LogP contribution in [0.15, 0.2) is 30.5 Å². The third-order valence-electron chi connectivity index (χ3n) is 2.08. The average molecular weight is 189 g/mol. The molecule has 0 saturated heterocycles. The summed E-state index contributed by atoms with van der Waals surface area (Å²) in [5, 5.41) is 10.2. The van der Waals surface area contributed by atoms with Gasteiger partial charge in [0, 0.05) is 17.0 Å². The normalized spacial score (nSPS) is 10.3. The molecule has 1 N–H and O–H groups in total. The molecule has 2 aromatic rings. The molecule has 0 spiro atoms. The van der Waals surface area contributed by atoms with Gasteiger partial charge in [0.2, 0.25) is 0 Å². The molecule has 0 aliphatic rings. The van der Waals surface area contributed by atoms with Crippen LogP contribution in [0.3, 0.4) is 0 Å². The molecule has 1 aromatic heterocycles. The lowest BCUT2D eigenvalue weighted by Gasteiger charge is -1.94. The van der Waals surface area contributed by atoms with Crippen molar-refractivity contribution in [3.05, 3.63) is 36.2 Å². The second-order valence-corrected chi connectivity index (χ2v) is 2.87. The Hall–Kier alpha value is -2.10. The van der Waals surface area contributed by atoms with E-state index < -0.39 is 6.09 Å². The lowest BCUT2D eigenvalue weighted by molar-refractivity contribution is 0.111. The molecule has 1 aromatic carbocycles. The van der Waals surface area contributed by atoms with E-state index in [1.54, 1.807) is 24.3 Å². The molecule has 1 heterocycles. The van der Waals surface area contributed by atoms with Gasteiger partial charge in [0.15, 0.2) is 6.29 Å². The Balaban J connectivity index is 2.85.